The van der Waals surface area contributed by atoms with Crippen molar-refractivity contribution in [1.82, 2.24) is 15.8 Å². The van der Waals surface area contributed by atoms with Crippen molar-refractivity contribution in [3.05, 3.63) is 42.0 Å². The van der Waals surface area contributed by atoms with Crippen LogP contribution in [-0.2, 0) is 19.2 Å². The number of carbonyl (C=O) groups excluding carboxylic acids is 4. The number of hydrogen-bond acceptors (Lipinski definition) is 4. The van der Waals surface area contributed by atoms with Crippen molar-refractivity contribution < 1.29 is 19.2 Å². The normalized spacial score (nSPS) is 10.0. The van der Waals surface area contributed by atoms with Crippen LogP contribution in [0.4, 0.5) is 0 Å². The minimum atomic E-state index is -0.619. The SMILES string of the molecule is CC(=O)NCC(=O)NN(C[C]=O)C(=O)/C=C/c1ccccc1. The minimum absolute atomic E-state index is 0.291. The van der Waals surface area contributed by atoms with Gasteiger partial charge in [0.25, 0.3) is 11.8 Å². The molecule has 0 bridgehead atoms. The third-order valence-electron chi connectivity index (χ3n) is 2.46. The quantitative estimate of drug-likeness (QED) is 0.562. The Morgan fingerprint density at radius 3 is 2.50 bits per heavy atom. The molecule has 0 spiro atoms. The highest BCUT2D eigenvalue weighted by atomic mass is 16.2. The Morgan fingerprint density at radius 2 is 1.91 bits per heavy atom. The van der Waals surface area contributed by atoms with Crippen LogP contribution in [0.5, 0.6) is 0 Å². The molecule has 1 radical (unpaired) electrons. The lowest BCUT2D eigenvalue weighted by Crippen LogP contribution is -2.49. The molecule has 0 aliphatic rings. The van der Waals surface area contributed by atoms with Gasteiger partial charge in [0.05, 0.1) is 6.54 Å². The molecule has 2 N–H and O–H groups in total. The Morgan fingerprint density at radius 1 is 1.23 bits per heavy atom. The van der Waals surface area contributed by atoms with Gasteiger partial charge in [0.2, 0.25) is 12.2 Å². The van der Waals surface area contributed by atoms with E-state index < -0.39 is 18.4 Å². The Kier molecular flexibility index (Phi) is 7.04. The topological polar surface area (TPSA) is 95.6 Å². The molecule has 22 heavy (non-hydrogen) atoms. The largest absolute Gasteiger partial charge is 0.347 e. The Labute approximate surface area is 128 Å². The summed E-state index contributed by atoms with van der Waals surface area (Å²) in [6, 6.07) is 9.08. The van der Waals surface area contributed by atoms with E-state index in [1.165, 1.54) is 19.3 Å². The second kappa shape index (κ2) is 9.06. The van der Waals surface area contributed by atoms with Crippen molar-refractivity contribution in [2.45, 2.75) is 6.92 Å². The average molecular weight is 302 g/mol. The van der Waals surface area contributed by atoms with Crippen LogP contribution < -0.4 is 10.7 Å². The van der Waals surface area contributed by atoms with Crippen molar-refractivity contribution in [3.63, 3.8) is 0 Å². The molecule has 0 aliphatic heterocycles. The van der Waals surface area contributed by atoms with E-state index in [2.05, 4.69) is 10.7 Å². The highest BCUT2D eigenvalue weighted by Crippen LogP contribution is 2.01. The molecule has 0 atom stereocenters. The highest BCUT2D eigenvalue weighted by molar-refractivity contribution is 5.94. The van der Waals surface area contributed by atoms with E-state index in [9.17, 15) is 19.2 Å². The summed E-state index contributed by atoms with van der Waals surface area (Å²) in [7, 11) is 0. The van der Waals surface area contributed by atoms with Gasteiger partial charge in [0.1, 0.15) is 6.54 Å². The highest BCUT2D eigenvalue weighted by Gasteiger charge is 2.13. The van der Waals surface area contributed by atoms with Crippen molar-refractivity contribution in [2.24, 2.45) is 0 Å². The summed E-state index contributed by atoms with van der Waals surface area (Å²) in [5, 5.41) is 3.10. The first-order valence-corrected chi connectivity index (χ1v) is 6.46. The molecule has 0 saturated carbocycles. The van der Waals surface area contributed by atoms with Gasteiger partial charge in [-0.05, 0) is 11.6 Å². The van der Waals surface area contributed by atoms with Crippen LogP contribution in [0.2, 0.25) is 0 Å². The Bertz CT molecular complexity index is 569. The molecule has 3 amide bonds. The first kappa shape index (κ1) is 17.1. The summed E-state index contributed by atoms with van der Waals surface area (Å²) < 4.78 is 0. The fourth-order valence-corrected chi connectivity index (χ4v) is 1.45. The van der Waals surface area contributed by atoms with Gasteiger partial charge in [-0.3, -0.25) is 24.6 Å². The van der Waals surface area contributed by atoms with Gasteiger partial charge in [-0.1, -0.05) is 30.3 Å². The van der Waals surface area contributed by atoms with Crippen LogP contribution in [-0.4, -0.2) is 42.1 Å². The van der Waals surface area contributed by atoms with Crippen LogP contribution >= 0.6 is 0 Å². The number of benzene rings is 1. The van der Waals surface area contributed by atoms with Gasteiger partial charge < -0.3 is 5.32 Å². The molecular weight excluding hydrogens is 286 g/mol. The second-order valence-electron chi connectivity index (χ2n) is 4.26. The monoisotopic (exact) mass is 302 g/mol. The lowest BCUT2D eigenvalue weighted by atomic mass is 10.2. The van der Waals surface area contributed by atoms with E-state index in [1.807, 2.05) is 18.2 Å². The minimum Gasteiger partial charge on any atom is -0.347 e. The fourth-order valence-electron chi connectivity index (χ4n) is 1.45. The zero-order chi connectivity index (χ0) is 16.4. The van der Waals surface area contributed by atoms with Crippen LogP contribution in [0.25, 0.3) is 6.08 Å². The number of nitrogens with zero attached hydrogens (tertiary/aromatic N) is 1. The molecule has 7 nitrogen and oxygen atoms in total. The van der Waals surface area contributed by atoms with E-state index in [1.54, 1.807) is 18.2 Å². The molecule has 0 aromatic heterocycles. The molecule has 1 aromatic carbocycles. The maximum Gasteiger partial charge on any atom is 0.265 e. The van der Waals surface area contributed by atoms with Gasteiger partial charge in [-0.25, -0.2) is 5.01 Å². The molecule has 7 heteroatoms. The predicted molar refractivity (Wildman–Crippen MR) is 79.7 cm³/mol. The zero-order valence-electron chi connectivity index (χ0n) is 12.0. The van der Waals surface area contributed by atoms with E-state index in [0.717, 1.165) is 10.6 Å². The van der Waals surface area contributed by atoms with Gasteiger partial charge >= 0.3 is 0 Å². The summed E-state index contributed by atoms with van der Waals surface area (Å²) in [6.07, 6.45) is 4.32. The lowest BCUT2D eigenvalue weighted by Gasteiger charge is -2.19. The summed E-state index contributed by atoms with van der Waals surface area (Å²) in [5.41, 5.74) is 3.03. The molecule has 1 rings (SSSR count). The summed E-state index contributed by atoms with van der Waals surface area (Å²) in [4.78, 5) is 44.7. The maximum atomic E-state index is 11.9. The predicted octanol–water partition coefficient (Wildman–Crippen LogP) is -0.195. The van der Waals surface area contributed by atoms with Gasteiger partial charge in [-0.15, -0.1) is 0 Å². The molecule has 115 valence electrons. The number of amides is 3. The van der Waals surface area contributed by atoms with E-state index in [0.29, 0.717) is 0 Å². The second-order valence-corrected chi connectivity index (χ2v) is 4.26. The zero-order valence-corrected chi connectivity index (χ0v) is 12.0. The molecule has 0 fully saturated rings. The summed E-state index contributed by atoms with van der Waals surface area (Å²) in [5.74, 6) is -1.57. The molecule has 0 aliphatic carbocycles. The Balaban J connectivity index is 2.63. The first-order valence-electron chi connectivity index (χ1n) is 6.46. The smallest absolute Gasteiger partial charge is 0.265 e. The fraction of sp³-hybridized carbons (Fsp3) is 0.200. The van der Waals surface area contributed by atoms with Crippen LogP contribution in [0.1, 0.15) is 12.5 Å². The summed E-state index contributed by atoms with van der Waals surface area (Å²) >= 11 is 0. The van der Waals surface area contributed by atoms with Gasteiger partial charge in [-0.2, -0.15) is 0 Å². The first-order chi connectivity index (χ1) is 10.5. The third-order valence-corrected chi connectivity index (χ3v) is 2.46. The third kappa shape index (κ3) is 6.47. The molecule has 0 unspecified atom stereocenters. The lowest BCUT2D eigenvalue weighted by molar-refractivity contribution is -0.137. The average Bonchev–Trinajstić information content (AvgIpc) is 2.51. The van der Waals surface area contributed by atoms with E-state index in [-0.39, 0.29) is 12.5 Å². The van der Waals surface area contributed by atoms with Crippen LogP contribution in [0.3, 0.4) is 0 Å². The number of carbonyl (C=O) groups is 3. The van der Waals surface area contributed by atoms with Crippen molar-refractivity contribution in [2.75, 3.05) is 13.1 Å². The number of hydrazine groups is 1. The standard InChI is InChI=1S/C15H16N3O4/c1-12(20)16-11-14(21)17-18(9-10-19)15(22)8-7-13-5-3-2-4-6-13/h2-8H,9,11H2,1H3,(H,16,20)(H,17,21)/b8-7+. The Hall–Kier alpha value is -2.96. The van der Waals surface area contributed by atoms with Crippen LogP contribution in [0.15, 0.2) is 36.4 Å². The number of nitrogens with one attached hydrogen (secondary N) is 2. The van der Waals surface area contributed by atoms with Crippen molar-refractivity contribution >= 4 is 30.1 Å². The summed E-state index contributed by atoms with van der Waals surface area (Å²) in [6.45, 7) is 0.558. The number of hydrogen-bond donors (Lipinski definition) is 2. The van der Waals surface area contributed by atoms with Crippen LogP contribution in [0, 0.1) is 0 Å². The molecule has 0 saturated heterocycles. The molecule has 1 aromatic rings. The van der Waals surface area contributed by atoms with Crippen molar-refractivity contribution in [3.8, 4) is 0 Å². The number of rotatable bonds is 6. The van der Waals surface area contributed by atoms with Crippen molar-refractivity contribution in [1.29, 1.82) is 0 Å². The van der Waals surface area contributed by atoms with E-state index in [4.69, 9.17) is 0 Å². The molecule has 0 heterocycles. The molecular formula is C15H16N3O4. The van der Waals surface area contributed by atoms with Gasteiger partial charge in [0.15, 0.2) is 0 Å². The maximum absolute atomic E-state index is 11.9. The van der Waals surface area contributed by atoms with E-state index >= 15 is 0 Å². The van der Waals surface area contributed by atoms with Gasteiger partial charge in [0, 0.05) is 13.0 Å².